The molecule has 0 heterocycles. The first-order valence-electron chi connectivity index (χ1n) is 5.63. The van der Waals surface area contributed by atoms with E-state index in [2.05, 4.69) is 11.6 Å². The average Bonchev–Trinajstić information content (AvgIpc) is 3.12. The molecule has 1 N–H and O–H groups in total. The minimum absolute atomic E-state index is 0.245. The molecule has 1 aliphatic rings. The van der Waals surface area contributed by atoms with Crippen molar-refractivity contribution in [3.05, 3.63) is 35.1 Å². The molecule has 1 aliphatic carbocycles. The van der Waals surface area contributed by atoms with Gasteiger partial charge in [0, 0.05) is 23.4 Å². The third-order valence-electron chi connectivity index (χ3n) is 3.18. The van der Waals surface area contributed by atoms with Crippen LogP contribution >= 0.6 is 11.8 Å². The van der Waals surface area contributed by atoms with Gasteiger partial charge >= 0.3 is 0 Å². The topological polar surface area (TPSA) is 35.8 Å². The van der Waals surface area contributed by atoms with Gasteiger partial charge in [0.2, 0.25) is 0 Å². The van der Waals surface area contributed by atoms with Crippen molar-refractivity contribution in [2.45, 2.75) is 24.1 Å². The normalized spacial score (nSPS) is 16.5. The number of nitrogens with one attached hydrogen (secondary N) is 1. The van der Waals surface area contributed by atoms with Crippen LogP contribution in [0.1, 0.15) is 24.0 Å². The van der Waals surface area contributed by atoms with Crippen LogP contribution < -0.4 is 5.32 Å². The van der Waals surface area contributed by atoms with E-state index in [4.69, 9.17) is 5.26 Å². The number of nitrogens with zero attached hydrogens (tertiary/aromatic N) is 1. The van der Waals surface area contributed by atoms with Gasteiger partial charge in [-0.2, -0.15) is 17.0 Å². The second-order valence-electron chi connectivity index (χ2n) is 4.41. The van der Waals surface area contributed by atoms with E-state index in [1.807, 2.05) is 17.8 Å². The quantitative estimate of drug-likeness (QED) is 0.872. The average molecular weight is 250 g/mol. The number of thioether (sulfide) groups is 1. The van der Waals surface area contributed by atoms with E-state index < -0.39 is 0 Å². The van der Waals surface area contributed by atoms with Gasteiger partial charge in [-0.25, -0.2) is 4.39 Å². The highest BCUT2D eigenvalue weighted by Gasteiger charge is 2.41. The lowest BCUT2D eigenvalue weighted by Crippen LogP contribution is -2.25. The summed E-state index contributed by atoms with van der Waals surface area (Å²) in [6, 6.07) is 6.50. The van der Waals surface area contributed by atoms with Crippen molar-refractivity contribution in [3.8, 4) is 6.07 Å². The summed E-state index contributed by atoms with van der Waals surface area (Å²) < 4.78 is 13.8. The Hall–Kier alpha value is -1.05. The Morgan fingerprint density at radius 1 is 1.53 bits per heavy atom. The Balaban J connectivity index is 1.92. The first kappa shape index (κ1) is 12.4. The van der Waals surface area contributed by atoms with E-state index in [0.717, 1.165) is 6.54 Å². The Morgan fingerprint density at radius 3 is 2.88 bits per heavy atom. The van der Waals surface area contributed by atoms with Crippen molar-refractivity contribution in [1.82, 2.24) is 5.32 Å². The van der Waals surface area contributed by atoms with E-state index in [1.54, 1.807) is 6.07 Å². The third-order valence-corrected chi connectivity index (χ3v) is 4.60. The number of rotatable bonds is 5. The summed E-state index contributed by atoms with van der Waals surface area (Å²) >= 11 is 1.88. The molecule has 1 fully saturated rings. The minimum atomic E-state index is -0.245. The summed E-state index contributed by atoms with van der Waals surface area (Å²) in [5, 5.41) is 12.0. The maximum Gasteiger partial charge on any atom is 0.127 e. The fourth-order valence-corrected chi connectivity index (χ4v) is 2.55. The molecule has 0 radical (unpaired) electrons. The van der Waals surface area contributed by atoms with Gasteiger partial charge in [-0.1, -0.05) is 0 Å². The lowest BCUT2D eigenvalue weighted by atomic mass is 10.1. The fraction of sp³-hybridized carbons (Fsp3) is 0.462. The molecule has 1 aromatic rings. The molecule has 1 saturated carbocycles. The molecule has 0 unspecified atom stereocenters. The van der Waals surface area contributed by atoms with Crippen LogP contribution in [0.4, 0.5) is 4.39 Å². The Labute approximate surface area is 105 Å². The summed E-state index contributed by atoms with van der Waals surface area (Å²) in [7, 11) is 0. The van der Waals surface area contributed by atoms with Crippen LogP contribution in [0.25, 0.3) is 0 Å². The summed E-state index contributed by atoms with van der Waals surface area (Å²) in [5.41, 5.74) is 1.08. The highest BCUT2D eigenvalue weighted by atomic mass is 32.2. The van der Waals surface area contributed by atoms with E-state index >= 15 is 0 Å². The van der Waals surface area contributed by atoms with Crippen LogP contribution in [-0.4, -0.2) is 17.5 Å². The molecule has 0 aliphatic heterocycles. The summed E-state index contributed by atoms with van der Waals surface area (Å²) in [6.45, 7) is 1.40. The standard InChI is InChI=1S/C13H15FN2S/c1-17-13(4-5-13)9-16-8-11-6-10(7-15)2-3-12(11)14/h2-3,6,16H,4-5,8-9H2,1H3. The molecule has 0 aromatic heterocycles. The molecular formula is C13H15FN2S. The Bertz CT molecular complexity index is 449. The molecular weight excluding hydrogens is 235 g/mol. The lowest BCUT2D eigenvalue weighted by molar-refractivity contribution is 0.584. The Kier molecular flexibility index (Phi) is 3.70. The molecule has 17 heavy (non-hydrogen) atoms. The first-order chi connectivity index (χ1) is 8.19. The van der Waals surface area contributed by atoms with Gasteiger partial charge < -0.3 is 5.32 Å². The summed E-state index contributed by atoms with van der Waals surface area (Å²) in [4.78, 5) is 0. The smallest absolute Gasteiger partial charge is 0.127 e. The molecule has 0 amide bonds. The summed E-state index contributed by atoms with van der Waals surface area (Å²) in [5.74, 6) is -0.245. The number of nitriles is 1. The van der Waals surface area contributed by atoms with Crippen molar-refractivity contribution in [2.75, 3.05) is 12.8 Å². The van der Waals surface area contributed by atoms with Crippen molar-refractivity contribution in [1.29, 1.82) is 5.26 Å². The highest BCUT2D eigenvalue weighted by Crippen LogP contribution is 2.46. The maximum atomic E-state index is 13.5. The van der Waals surface area contributed by atoms with Crippen molar-refractivity contribution in [3.63, 3.8) is 0 Å². The zero-order chi connectivity index (χ0) is 12.3. The zero-order valence-corrected chi connectivity index (χ0v) is 10.6. The van der Waals surface area contributed by atoms with Gasteiger partial charge in [-0.3, -0.25) is 0 Å². The predicted molar refractivity (Wildman–Crippen MR) is 68.3 cm³/mol. The zero-order valence-electron chi connectivity index (χ0n) is 9.79. The van der Waals surface area contributed by atoms with Crippen LogP contribution in [0.2, 0.25) is 0 Å². The second kappa shape index (κ2) is 5.07. The molecule has 0 atom stereocenters. The van der Waals surface area contributed by atoms with Gasteiger partial charge in [-0.05, 0) is 37.3 Å². The number of halogens is 1. The molecule has 0 saturated heterocycles. The highest BCUT2D eigenvalue weighted by molar-refractivity contribution is 8.00. The maximum absolute atomic E-state index is 13.5. The van der Waals surface area contributed by atoms with Crippen molar-refractivity contribution < 1.29 is 4.39 Å². The number of hydrogen-bond donors (Lipinski definition) is 1. The van der Waals surface area contributed by atoms with E-state index in [1.165, 1.54) is 25.0 Å². The van der Waals surface area contributed by atoms with Gasteiger partial charge in [0.1, 0.15) is 5.82 Å². The van der Waals surface area contributed by atoms with Crippen LogP contribution in [0, 0.1) is 17.1 Å². The van der Waals surface area contributed by atoms with Crippen LogP contribution in [0.3, 0.4) is 0 Å². The number of benzene rings is 1. The summed E-state index contributed by atoms with van der Waals surface area (Å²) in [6.07, 6.45) is 4.59. The van der Waals surface area contributed by atoms with E-state index in [0.29, 0.717) is 22.4 Å². The van der Waals surface area contributed by atoms with Gasteiger partial charge in [0.15, 0.2) is 0 Å². The van der Waals surface area contributed by atoms with Crippen molar-refractivity contribution in [2.24, 2.45) is 0 Å². The molecule has 90 valence electrons. The van der Waals surface area contributed by atoms with E-state index in [9.17, 15) is 4.39 Å². The number of hydrogen-bond acceptors (Lipinski definition) is 3. The Morgan fingerprint density at radius 2 is 2.29 bits per heavy atom. The predicted octanol–water partition coefficient (Wildman–Crippen LogP) is 2.68. The lowest BCUT2D eigenvalue weighted by Gasteiger charge is -2.13. The monoisotopic (exact) mass is 250 g/mol. The minimum Gasteiger partial charge on any atom is -0.311 e. The molecule has 2 nitrogen and oxygen atoms in total. The van der Waals surface area contributed by atoms with E-state index in [-0.39, 0.29) is 5.82 Å². The SMILES string of the molecule is CSC1(CNCc2cc(C#N)ccc2F)CC1. The third kappa shape index (κ3) is 2.99. The van der Waals surface area contributed by atoms with Crippen LogP contribution in [0.15, 0.2) is 18.2 Å². The van der Waals surface area contributed by atoms with Crippen molar-refractivity contribution >= 4 is 11.8 Å². The van der Waals surface area contributed by atoms with Crippen LogP contribution in [0.5, 0.6) is 0 Å². The largest absolute Gasteiger partial charge is 0.311 e. The van der Waals surface area contributed by atoms with Gasteiger partial charge in [0.25, 0.3) is 0 Å². The molecule has 0 spiro atoms. The molecule has 0 bridgehead atoms. The molecule has 4 heteroatoms. The fourth-order valence-electron chi connectivity index (χ4n) is 1.80. The van der Waals surface area contributed by atoms with Gasteiger partial charge in [-0.15, -0.1) is 0 Å². The molecule has 2 rings (SSSR count). The van der Waals surface area contributed by atoms with Gasteiger partial charge in [0.05, 0.1) is 11.6 Å². The second-order valence-corrected chi connectivity index (χ2v) is 5.68. The van der Waals surface area contributed by atoms with Crippen LogP contribution in [-0.2, 0) is 6.54 Å². The first-order valence-corrected chi connectivity index (χ1v) is 6.86. The molecule has 1 aromatic carbocycles.